The Morgan fingerprint density at radius 2 is 1.95 bits per heavy atom. The number of nitro groups is 1. The molecule has 0 saturated carbocycles. The van der Waals surface area contributed by atoms with E-state index in [9.17, 15) is 19.7 Å². The fraction of sp³-hybridized carbons (Fsp3) is 0.333. The van der Waals surface area contributed by atoms with E-state index in [1.807, 2.05) is 0 Å². The molecule has 1 saturated heterocycles. The van der Waals surface area contributed by atoms with E-state index in [0.717, 1.165) is 0 Å². The number of hydrogen-bond acceptors (Lipinski definition) is 5. The average molecular weight is 280 g/mol. The lowest BCUT2D eigenvalue weighted by molar-refractivity contribution is -0.384. The van der Waals surface area contributed by atoms with Gasteiger partial charge in [-0.05, 0) is 12.1 Å². The normalized spacial score (nSPS) is 14.5. The number of rotatable bonds is 5. The molecule has 0 atom stereocenters. The molecule has 1 N–H and O–H groups in total. The number of carbonyl (C=O) groups is 2. The molecule has 1 aliphatic heterocycles. The van der Waals surface area contributed by atoms with Crippen LogP contribution in [0.1, 0.15) is 0 Å². The summed E-state index contributed by atoms with van der Waals surface area (Å²) in [5, 5.41) is 19.1. The molecule has 1 aromatic rings. The van der Waals surface area contributed by atoms with E-state index in [2.05, 4.69) is 0 Å². The number of carboxylic acids is 1. The van der Waals surface area contributed by atoms with Gasteiger partial charge in [-0.25, -0.2) is 0 Å². The average Bonchev–Trinajstić information content (AvgIpc) is 2.34. The molecule has 1 fully saturated rings. The number of hydrogen-bond donors (Lipinski definition) is 1. The van der Waals surface area contributed by atoms with Crippen molar-refractivity contribution in [3.63, 3.8) is 0 Å². The molecular weight excluding hydrogens is 268 g/mol. The second kappa shape index (κ2) is 5.55. The summed E-state index contributed by atoms with van der Waals surface area (Å²) in [5.41, 5.74) is -0.0595. The maximum atomic E-state index is 11.6. The van der Waals surface area contributed by atoms with Gasteiger partial charge in [0.25, 0.3) is 11.6 Å². The molecule has 1 amide bonds. The van der Waals surface area contributed by atoms with Gasteiger partial charge in [0, 0.05) is 25.2 Å². The van der Waals surface area contributed by atoms with Crippen molar-refractivity contribution in [1.29, 1.82) is 0 Å². The van der Waals surface area contributed by atoms with E-state index in [0.29, 0.717) is 5.75 Å². The minimum atomic E-state index is -0.912. The summed E-state index contributed by atoms with van der Waals surface area (Å²) in [4.78, 5) is 33.6. The lowest BCUT2D eigenvalue weighted by Gasteiger charge is -2.36. The van der Waals surface area contributed by atoms with Crippen molar-refractivity contribution in [3.8, 4) is 5.75 Å². The molecular formula is C12H12N2O6. The fourth-order valence-corrected chi connectivity index (χ4v) is 1.74. The van der Waals surface area contributed by atoms with Crippen molar-refractivity contribution in [3.05, 3.63) is 34.4 Å². The summed E-state index contributed by atoms with van der Waals surface area (Å²) in [5.74, 6) is -1.37. The number of nitro benzene ring substituents is 1. The molecule has 8 heteroatoms. The SMILES string of the molecule is O=C(O)C1CN(C(=O)COc2ccc([N+](=O)[O-])cc2)C1. The number of likely N-dealkylation sites (tertiary alicyclic amines) is 1. The largest absolute Gasteiger partial charge is 0.484 e. The van der Waals surface area contributed by atoms with E-state index >= 15 is 0 Å². The van der Waals surface area contributed by atoms with Crippen molar-refractivity contribution >= 4 is 17.6 Å². The van der Waals surface area contributed by atoms with Gasteiger partial charge in [0.2, 0.25) is 0 Å². The maximum absolute atomic E-state index is 11.6. The van der Waals surface area contributed by atoms with Gasteiger partial charge in [-0.15, -0.1) is 0 Å². The summed E-state index contributed by atoms with van der Waals surface area (Å²) in [7, 11) is 0. The highest BCUT2D eigenvalue weighted by atomic mass is 16.6. The van der Waals surface area contributed by atoms with Gasteiger partial charge in [0.15, 0.2) is 6.61 Å². The molecule has 1 aliphatic rings. The zero-order valence-electron chi connectivity index (χ0n) is 10.4. The highest BCUT2D eigenvalue weighted by Gasteiger charge is 2.35. The molecule has 1 aromatic carbocycles. The smallest absolute Gasteiger partial charge is 0.310 e. The van der Waals surface area contributed by atoms with Crippen molar-refractivity contribution < 1.29 is 24.4 Å². The molecule has 20 heavy (non-hydrogen) atoms. The minimum absolute atomic E-state index is 0.0595. The van der Waals surface area contributed by atoms with Crippen LogP contribution < -0.4 is 4.74 Å². The van der Waals surface area contributed by atoms with Gasteiger partial charge < -0.3 is 14.7 Å². The van der Waals surface area contributed by atoms with Crippen LogP contribution in [0.3, 0.4) is 0 Å². The topological polar surface area (TPSA) is 110 Å². The molecule has 0 radical (unpaired) electrons. The molecule has 0 spiro atoms. The van der Waals surface area contributed by atoms with Gasteiger partial charge in [-0.3, -0.25) is 19.7 Å². The third kappa shape index (κ3) is 3.02. The molecule has 0 aliphatic carbocycles. The molecule has 0 unspecified atom stereocenters. The first-order chi connectivity index (χ1) is 9.47. The number of non-ortho nitro benzene ring substituents is 1. The van der Waals surface area contributed by atoms with Crippen LogP contribution >= 0.6 is 0 Å². The van der Waals surface area contributed by atoms with E-state index in [-0.39, 0.29) is 31.3 Å². The number of nitrogens with zero attached hydrogens (tertiary/aromatic N) is 2. The second-order valence-corrected chi connectivity index (χ2v) is 4.37. The Labute approximate surface area is 113 Å². The highest BCUT2D eigenvalue weighted by Crippen LogP contribution is 2.19. The van der Waals surface area contributed by atoms with Gasteiger partial charge in [-0.2, -0.15) is 0 Å². The number of benzene rings is 1. The Balaban J connectivity index is 1.79. The van der Waals surface area contributed by atoms with Crippen LogP contribution in [0.15, 0.2) is 24.3 Å². The van der Waals surface area contributed by atoms with Crippen LogP contribution in [0, 0.1) is 16.0 Å². The Bertz CT molecular complexity index is 535. The Morgan fingerprint density at radius 3 is 2.45 bits per heavy atom. The zero-order chi connectivity index (χ0) is 14.7. The third-order valence-corrected chi connectivity index (χ3v) is 2.99. The van der Waals surface area contributed by atoms with Crippen LogP contribution in [0.4, 0.5) is 5.69 Å². The van der Waals surface area contributed by atoms with Gasteiger partial charge in [-0.1, -0.05) is 0 Å². The van der Waals surface area contributed by atoms with Crippen LogP contribution in [-0.2, 0) is 9.59 Å². The quantitative estimate of drug-likeness (QED) is 0.621. The Kier molecular flexibility index (Phi) is 3.83. The number of amides is 1. The first-order valence-electron chi connectivity index (χ1n) is 5.85. The second-order valence-electron chi connectivity index (χ2n) is 4.37. The van der Waals surface area contributed by atoms with E-state index < -0.39 is 16.8 Å². The van der Waals surface area contributed by atoms with Gasteiger partial charge in [0.1, 0.15) is 5.75 Å². The van der Waals surface area contributed by atoms with E-state index in [4.69, 9.17) is 9.84 Å². The Hall–Kier alpha value is -2.64. The van der Waals surface area contributed by atoms with Crippen LogP contribution in [0.5, 0.6) is 5.75 Å². The standard InChI is InChI=1S/C12H12N2O6/c15-11(13-5-8(6-13)12(16)17)7-20-10-3-1-9(2-4-10)14(18)19/h1-4,8H,5-7H2,(H,16,17). The molecule has 0 bridgehead atoms. The van der Waals surface area contributed by atoms with Crippen molar-refractivity contribution in [2.75, 3.05) is 19.7 Å². The van der Waals surface area contributed by atoms with Crippen LogP contribution in [0.2, 0.25) is 0 Å². The summed E-state index contributed by atoms with van der Waals surface area (Å²) in [6.45, 7) is 0.166. The van der Waals surface area contributed by atoms with E-state index in [1.54, 1.807) is 0 Å². The number of carbonyl (C=O) groups excluding carboxylic acids is 1. The van der Waals surface area contributed by atoms with E-state index in [1.165, 1.54) is 29.2 Å². The Morgan fingerprint density at radius 1 is 1.35 bits per heavy atom. The summed E-state index contributed by atoms with van der Waals surface area (Å²) in [6, 6.07) is 5.37. The summed E-state index contributed by atoms with van der Waals surface area (Å²) < 4.78 is 5.19. The van der Waals surface area contributed by atoms with Crippen LogP contribution in [0.25, 0.3) is 0 Å². The van der Waals surface area contributed by atoms with Gasteiger partial charge >= 0.3 is 5.97 Å². The lowest BCUT2D eigenvalue weighted by atomic mass is 10.0. The maximum Gasteiger partial charge on any atom is 0.310 e. The molecule has 1 heterocycles. The summed E-state index contributed by atoms with van der Waals surface area (Å²) >= 11 is 0. The van der Waals surface area contributed by atoms with Crippen molar-refractivity contribution in [2.45, 2.75) is 0 Å². The first-order valence-corrected chi connectivity index (χ1v) is 5.85. The van der Waals surface area contributed by atoms with Crippen LogP contribution in [-0.4, -0.2) is 46.5 Å². The minimum Gasteiger partial charge on any atom is -0.484 e. The third-order valence-electron chi connectivity index (χ3n) is 2.99. The predicted molar refractivity (Wildman–Crippen MR) is 66.3 cm³/mol. The number of aliphatic carboxylic acids is 1. The molecule has 106 valence electrons. The molecule has 0 aromatic heterocycles. The zero-order valence-corrected chi connectivity index (χ0v) is 10.4. The fourth-order valence-electron chi connectivity index (χ4n) is 1.74. The number of carboxylic acid groups (broad SMARTS) is 1. The lowest BCUT2D eigenvalue weighted by Crippen LogP contribution is -2.54. The van der Waals surface area contributed by atoms with Crippen molar-refractivity contribution in [1.82, 2.24) is 4.90 Å². The van der Waals surface area contributed by atoms with Crippen molar-refractivity contribution in [2.24, 2.45) is 5.92 Å². The van der Waals surface area contributed by atoms with Gasteiger partial charge in [0.05, 0.1) is 10.8 Å². The molecule has 2 rings (SSSR count). The summed E-state index contributed by atoms with van der Waals surface area (Å²) in [6.07, 6.45) is 0. The predicted octanol–water partition coefficient (Wildman–Crippen LogP) is 0.517. The highest BCUT2D eigenvalue weighted by molar-refractivity contribution is 5.82. The molecule has 8 nitrogen and oxygen atoms in total. The first kappa shape index (κ1) is 13.8. The monoisotopic (exact) mass is 280 g/mol. The number of ether oxygens (including phenoxy) is 1.